The molecule has 0 spiro atoms. The molecule has 0 fully saturated rings. The summed E-state index contributed by atoms with van der Waals surface area (Å²) in [5, 5.41) is 0. The van der Waals surface area contributed by atoms with Crippen molar-refractivity contribution in [1.82, 2.24) is 10.9 Å². The Morgan fingerprint density at radius 1 is 1.00 bits per heavy atom. The van der Waals surface area contributed by atoms with Crippen LogP contribution in [0.5, 0.6) is 11.5 Å². The number of para-hydroxylation sites is 1. The Hall–Kier alpha value is -3.02. The Kier molecular flexibility index (Phi) is 6.19. The molecule has 0 radical (unpaired) electrons. The lowest BCUT2D eigenvalue weighted by Crippen LogP contribution is -2.48. The SMILES string of the molecule is Cc1cccc(OC(C)C(=O)NNC(=O)COc2ccccc2)c1. The first-order valence-electron chi connectivity index (χ1n) is 7.54. The van der Waals surface area contributed by atoms with E-state index in [1.54, 1.807) is 37.3 Å². The maximum Gasteiger partial charge on any atom is 0.279 e. The molecule has 0 heterocycles. The molecule has 126 valence electrons. The second kappa shape index (κ2) is 8.57. The predicted octanol–water partition coefficient (Wildman–Crippen LogP) is 1.99. The number of hydrazine groups is 1. The average Bonchev–Trinajstić information content (AvgIpc) is 2.58. The van der Waals surface area contributed by atoms with Crippen molar-refractivity contribution < 1.29 is 19.1 Å². The van der Waals surface area contributed by atoms with E-state index in [0.29, 0.717) is 11.5 Å². The van der Waals surface area contributed by atoms with Crippen LogP contribution in [-0.2, 0) is 9.59 Å². The summed E-state index contributed by atoms with van der Waals surface area (Å²) in [5.74, 6) is 0.256. The van der Waals surface area contributed by atoms with Crippen LogP contribution < -0.4 is 20.3 Å². The van der Waals surface area contributed by atoms with Gasteiger partial charge in [0.25, 0.3) is 11.8 Å². The van der Waals surface area contributed by atoms with E-state index < -0.39 is 17.9 Å². The topological polar surface area (TPSA) is 76.7 Å². The van der Waals surface area contributed by atoms with Crippen molar-refractivity contribution in [2.45, 2.75) is 20.0 Å². The number of ether oxygens (including phenoxy) is 2. The summed E-state index contributed by atoms with van der Waals surface area (Å²) in [6.07, 6.45) is -0.748. The van der Waals surface area contributed by atoms with Crippen molar-refractivity contribution in [2.24, 2.45) is 0 Å². The molecule has 0 aliphatic rings. The van der Waals surface area contributed by atoms with Gasteiger partial charge in [0.2, 0.25) is 0 Å². The van der Waals surface area contributed by atoms with Crippen molar-refractivity contribution in [3.8, 4) is 11.5 Å². The Bertz CT molecular complexity index is 688. The van der Waals surface area contributed by atoms with Crippen LogP contribution in [-0.4, -0.2) is 24.5 Å². The quantitative estimate of drug-likeness (QED) is 0.795. The Labute approximate surface area is 140 Å². The first-order chi connectivity index (χ1) is 11.5. The highest BCUT2D eigenvalue weighted by Gasteiger charge is 2.15. The molecule has 2 aromatic carbocycles. The fourth-order valence-electron chi connectivity index (χ4n) is 1.88. The molecule has 2 aromatic rings. The van der Waals surface area contributed by atoms with Gasteiger partial charge >= 0.3 is 0 Å². The van der Waals surface area contributed by atoms with Gasteiger partial charge < -0.3 is 9.47 Å². The monoisotopic (exact) mass is 328 g/mol. The first kappa shape index (κ1) is 17.3. The number of nitrogens with one attached hydrogen (secondary N) is 2. The van der Waals surface area contributed by atoms with E-state index in [2.05, 4.69) is 10.9 Å². The van der Waals surface area contributed by atoms with Crippen LogP contribution in [0.4, 0.5) is 0 Å². The molecule has 2 rings (SSSR count). The number of carbonyl (C=O) groups is 2. The smallest absolute Gasteiger partial charge is 0.279 e. The van der Waals surface area contributed by atoms with Crippen LogP contribution in [0.1, 0.15) is 12.5 Å². The molecule has 0 saturated heterocycles. The van der Waals surface area contributed by atoms with Crippen molar-refractivity contribution in [3.05, 3.63) is 60.2 Å². The fraction of sp³-hybridized carbons (Fsp3) is 0.222. The third kappa shape index (κ3) is 5.64. The molecule has 0 saturated carbocycles. The van der Waals surface area contributed by atoms with Crippen LogP contribution >= 0.6 is 0 Å². The predicted molar refractivity (Wildman–Crippen MR) is 89.5 cm³/mol. The lowest BCUT2D eigenvalue weighted by atomic mass is 10.2. The van der Waals surface area contributed by atoms with Crippen LogP contribution in [0.15, 0.2) is 54.6 Å². The summed E-state index contributed by atoms with van der Waals surface area (Å²) in [5.41, 5.74) is 5.63. The molecular formula is C18H20N2O4. The molecule has 24 heavy (non-hydrogen) atoms. The minimum atomic E-state index is -0.748. The first-order valence-corrected chi connectivity index (χ1v) is 7.54. The van der Waals surface area contributed by atoms with Crippen LogP contribution in [0.2, 0.25) is 0 Å². The highest BCUT2D eigenvalue weighted by atomic mass is 16.5. The largest absolute Gasteiger partial charge is 0.484 e. The molecular weight excluding hydrogens is 308 g/mol. The molecule has 0 aliphatic heterocycles. The van der Waals surface area contributed by atoms with Crippen molar-refractivity contribution in [3.63, 3.8) is 0 Å². The van der Waals surface area contributed by atoms with Gasteiger partial charge in [0.05, 0.1) is 0 Å². The summed E-state index contributed by atoms with van der Waals surface area (Å²) in [4.78, 5) is 23.6. The lowest BCUT2D eigenvalue weighted by Gasteiger charge is -2.15. The summed E-state index contributed by atoms with van der Waals surface area (Å²) < 4.78 is 10.8. The van der Waals surface area contributed by atoms with Crippen molar-refractivity contribution in [1.29, 1.82) is 0 Å². The molecule has 6 nitrogen and oxygen atoms in total. The molecule has 1 atom stereocenters. The van der Waals surface area contributed by atoms with Gasteiger partial charge in [0, 0.05) is 0 Å². The minimum Gasteiger partial charge on any atom is -0.484 e. The lowest BCUT2D eigenvalue weighted by molar-refractivity contribution is -0.133. The number of carbonyl (C=O) groups excluding carboxylic acids is 2. The number of aryl methyl sites for hydroxylation is 1. The molecule has 0 aromatic heterocycles. The second-order valence-electron chi connectivity index (χ2n) is 5.22. The standard InChI is InChI=1S/C18H20N2O4/c1-13-7-6-10-16(11-13)24-14(2)18(22)20-19-17(21)12-23-15-8-4-3-5-9-15/h3-11,14H,12H2,1-2H3,(H,19,21)(H,20,22). The summed E-state index contributed by atoms with van der Waals surface area (Å²) >= 11 is 0. The highest BCUT2D eigenvalue weighted by molar-refractivity contribution is 5.85. The maximum absolute atomic E-state index is 11.9. The molecule has 0 aliphatic carbocycles. The van der Waals surface area contributed by atoms with Gasteiger partial charge in [-0.05, 0) is 43.7 Å². The second-order valence-corrected chi connectivity index (χ2v) is 5.22. The fourth-order valence-corrected chi connectivity index (χ4v) is 1.88. The third-order valence-electron chi connectivity index (χ3n) is 3.11. The number of rotatable bonds is 6. The van der Waals surface area contributed by atoms with E-state index in [1.165, 1.54) is 0 Å². The summed E-state index contributed by atoms with van der Waals surface area (Å²) in [6, 6.07) is 16.3. The van der Waals surface area contributed by atoms with Crippen molar-refractivity contribution in [2.75, 3.05) is 6.61 Å². The van der Waals surface area contributed by atoms with E-state index in [9.17, 15) is 9.59 Å². The van der Waals surface area contributed by atoms with E-state index in [1.807, 2.05) is 31.2 Å². The van der Waals surface area contributed by atoms with Gasteiger partial charge in [-0.15, -0.1) is 0 Å². The van der Waals surface area contributed by atoms with E-state index >= 15 is 0 Å². The normalized spacial score (nSPS) is 11.2. The van der Waals surface area contributed by atoms with Gasteiger partial charge in [-0.3, -0.25) is 20.4 Å². The zero-order chi connectivity index (χ0) is 17.4. The van der Waals surface area contributed by atoms with Gasteiger partial charge in [0.1, 0.15) is 11.5 Å². The van der Waals surface area contributed by atoms with E-state index in [4.69, 9.17) is 9.47 Å². The molecule has 1 unspecified atom stereocenters. The summed E-state index contributed by atoms with van der Waals surface area (Å²) in [6.45, 7) is 3.34. The molecule has 0 bridgehead atoms. The summed E-state index contributed by atoms with van der Waals surface area (Å²) in [7, 11) is 0. The van der Waals surface area contributed by atoms with Gasteiger partial charge in [-0.1, -0.05) is 30.3 Å². The van der Waals surface area contributed by atoms with Crippen molar-refractivity contribution >= 4 is 11.8 Å². The van der Waals surface area contributed by atoms with Crippen LogP contribution in [0.25, 0.3) is 0 Å². The van der Waals surface area contributed by atoms with E-state index in [-0.39, 0.29) is 6.61 Å². The van der Waals surface area contributed by atoms with Gasteiger partial charge in [-0.2, -0.15) is 0 Å². The Balaban J connectivity index is 1.72. The molecule has 2 N–H and O–H groups in total. The third-order valence-corrected chi connectivity index (χ3v) is 3.11. The van der Waals surface area contributed by atoms with E-state index in [0.717, 1.165) is 5.56 Å². The van der Waals surface area contributed by atoms with Gasteiger partial charge in [0.15, 0.2) is 12.7 Å². The van der Waals surface area contributed by atoms with Crippen LogP contribution in [0.3, 0.4) is 0 Å². The molecule has 6 heteroatoms. The number of benzene rings is 2. The zero-order valence-corrected chi connectivity index (χ0v) is 13.6. The number of amides is 2. The van der Waals surface area contributed by atoms with Gasteiger partial charge in [-0.25, -0.2) is 0 Å². The number of hydrogen-bond donors (Lipinski definition) is 2. The highest BCUT2D eigenvalue weighted by Crippen LogP contribution is 2.14. The maximum atomic E-state index is 11.9. The zero-order valence-electron chi connectivity index (χ0n) is 13.6. The number of hydrogen-bond acceptors (Lipinski definition) is 4. The van der Waals surface area contributed by atoms with Crippen LogP contribution in [0, 0.1) is 6.92 Å². The minimum absolute atomic E-state index is 0.197. The molecule has 2 amide bonds. The average molecular weight is 328 g/mol. The Morgan fingerprint density at radius 2 is 1.71 bits per heavy atom. The Morgan fingerprint density at radius 3 is 2.42 bits per heavy atom.